The first kappa shape index (κ1) is 16.4. The van der Waals surface area contributed by atoms with E-state index in [0.717, 1.165) is 12.8 Å². The number of rotatable bonds is 2. The van der Waals surface area contributed by atoms with E-state index < -0.39 is 5.60 Å². The molecule has 2 aromatic heterocycles. The third-order valence-corrected chi connectivity index (χ3v) is 3.76. The predicted octanol–water partition coefficient (Wildman–Crippen LogP) is 3.25. The fourth-order valence-electron chi connectivity index (χ4n) is 2.67. The Kier molecular flexibility index (Phi) is 4.51. The van der Waals surface area contributed by atoms with E-state index in [4.69, 9.17) is 9.26 Å². The van der Waals surface area contributed by atoms with Gasteiger partial charge in [0.15, 0.2) is 5.82 Å². The van der Waals surface area contributed by atoms with E-state index in [1.807, 2.05) is 39.0 Å². The molecule has 0 saturated carbocycles. The molecule has 1 unspecified atom stereocenters. The molecule has 0 radical (unpaired) electrons. The summed E-state index contributed by atoms with van der Waals surface area (Å²) in [6.07, 6.45) is 3.20. The number of amides is 1. The Balaban J connectivity index is 1.69. The molecule has 128 valence electrons. The molecule has 1 atom stereocenters. The van der Waals surface area contributed by atoms with E-state index in [0.29, 0.717) is 30.5 Å². The molecule has 3 rings (SSSR count). The molecule has 0 bridgehead atoms. The quantitative estimate of drug-likeness (QED) is 0.841. The summed E-state index contributed by atoms with van der Waals surface area (Å²) in [4.78, 5) is 22.6. The minimum Gasteiger partial charge on any atom is -0.444 e. The Morgan fingerprint density at radius 3 is 2.92 bits per heavy atom. The maximum Gasteiger partial charge on any atom is 0.410 e. The van der Waals surface area contributed by atoms with Crippen molar-refractivity contribution in [2.75, 3.05) is 13.1 Å². The number of carbonyl (C=O) groups is 1. The molecule has 0 N–H and O–H groups in total. The Bertz CT molecular complexity index is 693. The maximum absolute atomic E-state index is 12.2. The molecule has 7 heteroatoms. The fraction of sp³-hybridized carbons (Fsp3) is 0.529. The zero-order valence-corrected chi connectivity index (χ0v) is 14.2. The molecule has 1 aliphatic rings. The van der Waals surface area contributed by atoms with Crippen molar-refractivity contribution < 1.29 is 14.1 Å². The third-order valence-electron chi connectivity index (χ3n) is 3.76. The smallest absolute Gasteiger partial charge is 0.410 e. The number of carbonyl (C=O) groups excluding carboxylic acids is 1. The lowest BCUT2D eigenvalue weighted by Gasteiger charge is -2.32. The van der Waals surface area contributed by atoms with Crippen molar-refractivity contribution >= 4 is 6.09 Å². The predicted molar refractivity (Wildman–Crippen MR) is 87.3 cm³/mol. The van der Waals surface area contributed by atoms with Gasteiger partial charge in [0.25, 0.3) is 5.89 Å². The topological polar surface area (TPSA) is 81.4 Å². The fourth-order valence-corrected chi connectivity index (χ4v) is 2.67. The number of pyridine rings is 1. The molecule has 1 aliphatic heterocycles. The molecule has 7 nitrogen and oxygen atoms in total. The number of ether oxygens (including phenoxy) is 1. The summed E-state index contributed by atoms with van der Waals surface area (Å²) < 4.78 is 10.8. The SMILES string of the molecule is CC(C)(C)OC(=O)N1CCCC(c2noc(-c3ccccn3)n2)C1. The van der Waals surface area contributed by atoms with Crippen molar-refractivity contribution in [2.24, 2.45) is 0 Å². The van der Waals surface area contributed by atoms with Crippen LogP contribution in [0.2, 0.25) is 0 Å². The number of piperidine rings is 1. The van der Waals surface area contributed by atoms with Crippen LogP contribution in [-0.2, 0) is 4.74 Å². The first-order valence-corrected chi connectivity index (χ1v) is 8.15. The van der Waals surface area contributed by atoms with Crippen molar-refractivity contribution in [3.63, 3.8) is 0 Å². The van der Waals surface area contributed by atoms with Gasteiger partial charge >= 0.3 is 6.09 Å². The lowest BCUT2D eigenvalue weighted by molar-refractivity contribution is 0.0195. The molecule has 0 aliphatic carbocycles. The molecule has 0 aromatic carbocycles. The number of likely N-dealkylation sites (tertiary alicyclic amines) is 1. The van der Waals surface area contributed by atoms with Crippen LogP contribution in [0.4, 0.5) is 4.79 Å². The Morgan fingerprint density at radius 1 is 1.38 bits per heavy atom. The highest BCUT2D eigenvalue weighted by atomic mass is 16.6. The van der Waals surface area contributed by atoms with Gasteiger partial charge in [0.2, 0.25) is 0 Å². The maximum atomic E-state index is 12.2. The molecule has 1 fully saturated rings. The van der Waals surface area contributed by atoms with Crippen LogP contribution in [0.5, 0.6) is 0 Å². The highest BCUT2D eigenvalue weighted by Crippen LogP contribution is 2.27. The van der Waals surface area contributed by atoms with Crippen molar-refractivity contribution in [3.05, 3.63) is 30.2 Å². The molecule has 1 saturated heterocycles. The van der Waals surface area contributed by atoms with Gasteiger partial charge in [0, 0.05) is 25.2 Å². The Labute approximate surface area is 141 Å². The molecule has 2 aromatic rings. The zero-order chi connectivity index (χ0) is 17.2. The van der Waals surface area contributed by atoms with Crippen LogP contribution in [0.25, 0.3) is 11.6 Å². The second-order valence-electron chi connectivity index (χ2n) is 6.94. The number of nitrogens with zero attached hydrogens (tertiary/aromatic N) is 4. The zero-order valence-electron chi connectivity index (χ0n) is 14.2. The summed E-state index contributed by atoms with van der Waals surface area (Å²) in [5, 5.41) is 4.08. The van der Waals surface area contributed by atoms with Gasteiger partial charge in [-0.3, -0.25) is 4.98 Å². The summed E-state index contributed by atoms with van der Waals surface area (Å²) in [5.74, 6) is 1.07. The molecule has 1 amide bonds. The van der Waals surface area contributed by atoms with Crippen molar-refractivity contribution in [3.8, 4) is 11.6 Å². The second kappa shape index (κ2) is 6.59. The number of hydrogen-bond donors (Lipinski definition) is 0. The van der Waals surface area contributed by atoms with Gasteiger partial charge in [-0.15, -0.1) is 0 Å². The normalized spacial score (nSPS) is 18.5. The highest BCUT2D eigenvalue weighted by molar-refractivity contribution is 5.68. The van der Waals surface area contributed by atoms with Crippen LogP contribution in [0.15, 0.2) is 28.9 Å². The largest absolute Gasteiger partial charge is 0.444 e. The summed E-state index contributed by atoms with van der Waals surface area (Å²) >= 11 is 0. The molecular formula is C17H22N4O3. The van der Waals surface area contributed by atoms with Crippen molar-refractivity contribution in [1.29, 1.82) is 0 Å². The van der Waals surface area contributed by atoms with E-state index in [9.17, 15) is 4.79 Å². The Hall–Kier alpha value is -2.44. The number of hydrogen-bond acceptors (Lipinski definition) is 6. The second-order valence-corrected chi connectivity index (χ2v) is 6.94. The van der Waals surface area contributed by atoms with E-state index in [1.165, 1.54) is 0 Å². The first-order valence-electron chi connectivity index (χ1n) is 8.15. The minimum atomic E-state index is -0.498. The van der Waals surface area contributed by atoms with Crippen molar-refractivity contribution in [1.82, 2.24) is 20.0 Å². The average molecular weight is 330 g/mol. The van der Waals surface area contributed by atoms with Crippen LogP contribution < -0.4 is 0 Å². The summed E-state index contributed by atoms with van der Waals surface area (Å²) in [7, 11) is 0. The van der Waals surface area contributed by atoms with E-state index in [1.54, 1.807) is 11.1 Å². The highest BCUT2D eigenvalue weighted by Gasteiger charge is 2.30. The molecular weight excluding hydrogens is 308 g/mol. The van der Waals surface area contributed by atoms with Gasteiger partial charge in [0.1, 0.15) is 11.3 Å². The van der Waals surface area contributed by atoms with Crippen LogP contribution in [0.1, 0.15) is 45.4 Å². The van der Waals surface area contributed by atoms with Crippen LogP contribution in [0.3, 0.4) is 0 Å². The van der Waals surface area contributed by atoms with Gasteiger partial charge in [-0.05, 0) is 45.7 Å². The molecule has 24 heavy (non-hydrogen) atoms. The molecule has 3 heterocycles. The molecule has 0 spiro atoms. The Morgan fingerprint density at radius 2 is 2.21 bits per heavy atom. The van der Waals surface area contributed by atoms with Gasteiger partial charge in [-0.25, -0.2) is 4.79 Å². The summed E-state index contributed by atoms with van der Waals surface area (Å²) in [6, 6.07) is 5.53. The van der Waals surface area contributed by atoms with Gasteiger partial charge in [0.05, 0.1) is 0 Å². The summed E-state index contributed by atoms with van der Waals surface area (Å²) in [6.45, 7) is 6.83. The monoisotopic (exact) mass is 330 g/mol. The lowest BCUT2D eigenvalue weighted by atomic mass is 9.98. The van der Waals surface area contributed by atoms with Crippen LogP contribution >= 0.6 is 0 Å². The van der Waals surface area contributed by atoms with Crippen LogP contribution in [0, 0.1) is 0 Å². The third kappa shape index (κ3) is 3.90. The first-order chi connectivity index (χ1) is 11.4. The lowest BCUT2D eigenvalue weighted by Crippen LogP contribution is -2.42. The van der Waals surface area contributed by atoms with E-state index >= 15 is 0 Å². The van der Waals surface area contributed by atoms with Crippen LogP contribution in [-0.4, -0.2) is 44.8 Å². The summed E-state index contributed by atoms with van der Waals surface area (Å²) in [5.41, 5.74) is 0.151. The van der Waals surface area contributed by atoms with Gasteiger partial charge < -0.3 is 14.2 Å². The van der Waals surface area contributed by atoms with E-state index in [2.05, 4.69) is 15.1 Å². The minimum absolute atomic E-state index is 0.0486. The number of aromatic nitrogens is 3. The average Bonchev–Trinajstić information content (AvgIpc) is 3.04. The van der Waals surface area contributed by atoms with Gasteiger partial charge in [-0.1, -0.05) is 11.2 Å². The van der Waals surface area contributed by atoms with Crippen molar-refractivity contribution in [2.45, 2.75) is 45.1 Å². The van der Waals surface area contributed by atoms with Gasteiger partial charge in [-0.2, -0.15) is 4.98 Å². The van der Waals surface area contributed by atoms with E-state index in [-0.39, 0.29) is 12.0 Å². The standard InChI is InChI=1S/C17H22N4O3/c1-17(2,3)23-16(22)21-10-6-7-12(11-21)14-19-15(24-20-14)13-8-4-5-9-18-13/h4-5,8-9,12H,6-7,10-11H2,1-3H3.